The van der Waals surface area contributed by atoms with Crippen LogP contribution in [0.5, 0.6) is 5.75 Å². The lowest BCUT2D eigenvalue weighted by Gasteiger charge is -2.15. The van der Waals surface area contributed by atoms with Gasteiger partial charge in [-0.2, -0.15) is 5.10 Å². The second-order valence-electron chi connectivity index (χ2n) is 4.81. The topological polar surface area (TPSA) is 76.4 Å². The third-order valence-corrected chi connectivity index (χ3v) is 3.48. The highest BCUT2D eigenvalue weighted by molar-refractivity contribution is 5.88. The van der Waals surface area contributed by atoms with Crippen LogP contribution >= 0.6 is 0 Å². The number of rotatable bonds is 6. The first-order valence-electron chi connectivity index (χ1n) is 6.64. The van der Waals surface area contributed by atoms with Gasteiger partial charge in [0.2, 0.25) is 0 Å². The van der Waals surface area contributed by atoms with E-state index in [0.29, 0.717) is 12.2 Å². The maximum atomic E-state index is 11.1. The van der Waals surface area contributed by atoms with E-state index in [1.165, 1.54) is 6.20 Å². The van der Waals surface area contributed by atoms with E-state index < -0.39 is 5.97 Å². The molecule has 1 aromatic carbocycles. The molecular formula is C15H19N3O3. The number of carboxylic acids is 1. The van der Waals surface area contributed by atoms with Gasteiger partial charge in [0.1, 0.15) is 11.3 Å². The third-order valence-electron chi connectivity index (χ3n) is 3.48. The Bertz CT molecular complexity index is 620. The Morgan fingerprint density at radius 3 is 2.67 bits per heavy atom. The van der Waals surface area contributed by atoms with Crippen molar-refractivity contribution in [3.8, 4) is 5.75 Å². The molecule has 1 atom stereocenters. The number of hydrogen-bond acceptors (Lipinski definition) is 4. The van der Waals surface area contributed by atoms with E-state index in [9.17, 15) is 4.79 Å². The van der Waals surface area contributed by atoms with Gasteiger partial charge in [0.15, 0.2) is 0 Å². The van der Waals surface area contributed by atoms with Crippen molar-refractivity contribution in [2.24, 2.45) is 7.05 Å². The van der Waals surface area contributed by atoms with Crippen molar-refractivity contribution in [2.45, 2.75) is 19.5 Å². The van der Waals surface area contributed by atoms with Crippen LogP contribution in [0.1, 0.15) is 34.6 Å². The molecule has 2 N–H and O–H groups in total. The number of aromatic carboxylic acids is 1. The highest BCUT2D eigenvalue weighted by atomic mass is 16.5. The lowest BCUT2D eigenvalue weighted by atomic mass is 10.1. The predicted octanol–water partition coefficient (Wildman–Crippen LogP) is 1.98. The zero-order valence-electron chi connectivity index (χ0n) is 12.3. The Balaban J connectivity index is 2.05. The van der Waals surface area contributed by atoms with Crippen molar-refractivity contribution >= 4 is 5.97 Å². The molecule has 2 rings (SSSR count). The van der Waals surface area contributed by atoms with Crippen LogP contribution in [-0.4, -0.2) is 28.0 Å². The largest absolute Gasteiger partial charge is 0.497 e. The van der Waals surface area contributed by atoms with E-state index in [1.54, 1.807) is 18.8 Å². The molecule has 0 aliphatic rings. The molecule has 0 radical (unpaired) electrons. The molecule has 0 amide bonds. The van der Waals surface area contributed by atoms with E-state index in [1.807, 2.05) is 31.2 Å². The standard InChI is InChI=1S/C15H19N3O3/c1-10(11-4-6-12(21-3)7-5-11)16-9-14-13(15(19)20)8-17-18(14)2/h4-8,10,16H,9H2,1-3H3,(H,19,20)/t10-/m0/s1. The number of ether oxygens (including phenoxy) is 1. The molecule has 0 bridgehead atoms. The number of nitrogens with one attached hydrogen (secondary N) is 1. The molecule has 1 aromatic heterocycles. The van der Waals surface area contributed by atoms with Crippen molar-refractivity contribution in [2.75, 3.05) is 7.11 Å². The lowest BCUT2D eigenvalue weighted by Crippen LogP contribution is -2.21. The molecule has 6 heteroatoms. The van der Waals surface area contributed by atoms with Crippen molar-refractivity contribution in [3.63, 3.8) is 0 Å². The van der Waals surface area contributed by atoms with Crippen LogP contribution in [0, 0.1) is 0 Å². The summed E-state index contributed by atoms with van der Waals surface area (Å²) >= 11 is 0. The van der Waals surface area contributed by atoms with Gasteiger partial charge in [0.25, 0.3) is 0 Å². The fourth-order valence-corrected chi connectivity index (χ4v) is 2.11. The van der Waals surface area contributed by atoms with Crippen LogP contribution in [0.15, 0.2) is 30.5 Å². The molecule has 6 nitrogen and oxygen atoms in total. The Morgan fingerprint density at radius 1 is 1.43 bits per heavy atom. The number of hydrogen-bond donors (Lipinski definition) is 2. The molecule has 0 saturated heterocycles. The minimum absolute atomic E-state index is 0.0902. The lowest BCUT2D eigenvalue weighted by molar-refractivity contribution is 0.0695. The first kappa shape index (κ1) is 15.1. The summed E-state index contributed by atoms with van der Waals surface area (Å²) in [5, 5.41) is 16.4. The number of nitrogens with zero attached hydrogens (tertiary/aromatic N) is 2. The number of benzene rings is 1. The second-order valence-corrected chi connectivity index (χ2v) is 4.81. The van der Waals surface area contributed by atoms with Crippen molar-refractivity contribution in [1.29, 1.82) is 0 Å². The second kappa shape index (κ2) is 6.41. The monoisotopic (exact) mass is 289 g/mol. The van der Waals surface area contributed by atoms with E-state index in [4.69, 9.17) is 9.84 Å². The van der Waals surface area contributed by atoms with Gasteiger partial charge < -0.3 is 15.2 Å². The first-order valence-corrected chi connectivity index (χ1v) is 6.64. The average Bonchev–Trinajstić information content (AvgIpc) is 2.86. The molecule has 2 aromatic rings. The van der Waals surface area contributed by atoms with Crippen molar-refractivity contribution in [3.05, 3.63) is 47.3 Å². The zero-order chi connectivity index (χ0) is 15.4. The molecule has 0 aliphatic carbocycles. The van der Waals surface area contributed by atoms with Crippen LogP contribution in [0.3, 0.4) is 0 Å². The minimum atomic E-state index is -0.961. The maximum Gasteiger partial charge on any atom is 0.339 e. The van der Waals surface area contributed by atoms with Gasteiger partial charge in [-0.15, -0.1) is 0 Å². The Morgan fingerprint density at radius 2 is 2.10 bits per heavy atom. The smallest absolute Gasteiger partial charge is 0.339 e. The summed E-state index contributed by atoms with van der Waals surface area (Å²) in [6.45, 7) is 2.46. The number of carbonyl (C=O) groups is 1. The zero-order valence-corrected chi connectivity index (χ0v) is 12.3. The number of carboxylic acid groups (broad SMARTS) is 1. The summed E-state index contributed by atoms with van der Waals surface area (Å²) in [6.07, 6.45) is 1.37. The van der Waals surface area contributed by atoms with E-state index in [-0.39, 0.29) is 11.6 Å². The number of aryl methyl sites for hydroxylation is 1. The quantitative estimate of drug-likeness (QED) is 0.850. The normalized spacial score (nSPS) is 12.1. The first-order chi connectivity index (χ1) is 10.0. The molecule has 112 valence electrons. The fourth-order valence-electron chi connectivity index (χ4n) is 2.11. The highest BCUT2D eigenvalue weighted by Gasteiger charge is 2.15. The van der Waals surface area contributed by atoms with Gasteiger partial charge in [-0.3, -0.25) is 4.68 Å². The van der Waals surface area contributed by atoms with E-state index in [2.05, 4.69) is 10.4 Å². The molecule has 0 fully saturated rings. The summed E-state index contributed by atoms with van der Waals surface area (Å²) in [5.41, 5.74) is 1.99. The highest BCUT2D eigenvalue weighted by Crippen LogP contribution is 2.18. The van der Waals surface area contributed by atoms with Crippen LogP contribution in [-0.2, 0) is 13.6 Å². The molecule has 0 aliphatic heterocycles. The summed E-state index contributed by atoms with van der Waals surface area (Å²) in [7, 11) is 3.37. The summed E-state index contributed by atoms with van der Waals surface area (Å²) in [5.74, 6) is -0.150. The van der Waals surface area contributed by atoms with Gasteiger partial charge in [-0.05, 0) is 24.6 Å². The van der Waals surface area contributed by atoms with Crippen molar-refractivity contribution in [1.82, 2.24) is 15.1 Å². The van der Waals surface area contributed by atoms with E-state index in [0.717, 1.165) is 11.3 Å². The van der Waals surface area contributed by atoms with Crippen LogP contribution in [0.4, 0.5) is 0 Å². The molecule has 21 heavy (non-hydrogen) atoms. The van der Waals surface area contributed by atoms with E-state index >= 15 is 0 Å². The molecule has 0 unspecified atom stereocenters. The SMILES string of the molecule is COc1ccc([C@H](C)NCc2c(C(=O)O)cnn2C)cc1. The predicted molar refractivity (Wildman–Crippen MR) is 78.4 cm³/mol. The minimum Gasteiger partial charge on any atom is -0.497 e. The van der Waals surface area contributed by atoms with Gasteiger partial charge in [0, 0.05) is 19.6 Å². The van der Waals surface area contributed by atoms with Gasteiger partial charge in [-0.25, -0.2) is 4.79 Å². The Hall–Kier alpha value is -2.34. The fraction of sp³-hybridized carbons (Fsp3) is 0.333. The number of aromatic nitrogens is 2. The third kappa shape index (κ3) is 3.41. The van der Waals surface area contributed by atoms with Crippen LogP contribution in [0.2, 0.25) is 0 Å². The molecule has 0 spiro atoms. The molecule has 0 saturated carbocycles. The molecular weight excluding hydrogens is 270 g/mol. The van der Waals surface area contributed by atoms with Gasteiger partial charge in [0.05, 0.1) is 19.0 Å². The van der Waals surface area contributed by atoms with Crippen molar-refractivity contribution < 1.29 is 14.6 Å². The summed E-state index contributed by atoms with van der Waals surface area (Å²) in [6, 6.07) is 7.86. The summed E-state index contributed by atoms with van der Waals surface area (Å²) < 4.78 is 6.71. The van der Waals surface area contributed by atoms with Gasteiger partial charge >= 0.3 is 5.97 Å². The Labute approximate surface area is 123 Å². The Kier molecular flexibility index (Phi) is 4.59. The summed E-state index contributed by atoms with van der Waals surface area (Å²) in [4.78, 5) is 11.1. The average molecular weight is 289 g/mol. The maximum absolute atomic E-state index is 11.1. The van der Waals surface area contributed by atoms with Crippen LogP contribution in [0.25, 0.3) is 0 Å². The van der Waals surface area contributed by atoms with Gasteiger partial charge in [-0.1, -0.05) is 12.1 Å². The molecule has 1 heterocycles. The van der Waals surface area contributed by atoms with Crippen LogP contribution < -0.4 is 10.1 Å². The number of methoxy groups -OCH3 is 1.